The molecule has 0 aromatic carbocycles. The molecule has 154 valence electrons. The average molecular weight is 427 g/mol. The number of hydrogen-bond donors (Lipinski definition) is 1. The lowest BCUT2D eigenvalue weighted by Crippen LogP contribution is -2.28. The normalized spacial score (nSPS) is 18.1. The van der Waals surface area contributed by atoms with Crippen LogP contribution in [0.25, 0.3) is 11.1 Å². The number of aryl methyl sites for hydroxylation is 1. The maximum atomic E-state index is 13.1. The van der Waals surface area contributed by atoms with Crippen LogP contribution in [0.4, 0.5) is 8.78 Å². The maximum absolute atomic E-state index is 13.1. The number of nitrogens with one attached hydrogen (secondary N) is 1. The molecule has 4 rings (SSSR count). The van der Waals surface area contributed by atoms with Gasteiger partial charge in [-0.1, -0.05) is 11.8 Å². The van der Waals surface area contributed by atoms with Crippen LogP contribution in [0.15, 0.2) is 35.8 Å². The summed E-state index contributed by atoms with van der Waals surface area (Å²) in [7, 11) is 1.81. The largest absolute Gasteiger partial charge is 0.300 e. The standard InChI is InChI=1S/C21H19F2N5OS/c1-12-10-25-17(19(22)23)9-15(12)16-11-24-8-7-14(16)20(29)26-21-27-28(2)18(30-21)6-5-13-3-4-13/h7-11,13,18-19H,3-4H2,1-2H3,(H,26,27,29). The van der Waals surface area contributed by atoms with Gasteiger partial charge in [-0.2, -0.15) is 5.10 Å². The van der Waals surface area contributed by atoms with E-state index in [1.54, 1.807) is 18.0 Å². The Kier molecular flexibility index (Phi) is 5.68. The van der Waals surface area contributed by atoms with Crippen LogP contribution in [0, 0.1) is 24.7 Å². The zero-order valence-electron chi connectivity index (χ0n) is 16.4. The van der Waals surface area contributed by atoms with Gasteiger partial charge in [0.15, 0.2) is 10.5 Å². The van der Waals surface area contributed by atoms with Crippen molar-refractivity contribution in [1.82, 2.24) is 20.3 Å². The van der Waals surface area contributed by atoms with Gasteiger partial charge in [-0.25, -0.2) is 8.78 Å². The third kappa shape index (κ3) is 4.44. The van der Waals surface area contributed by atoms with Gasteiger partial charge in [0.05, 0.1) is 5.56 Å². The predicted molar refractivity (Wildman–Crippen MR) is 112 cm³/mol. The zero-order chi connectivity index (χ0) is 21.3. The highest BCUT2D eigenvalue weighted by atomic mass is 32.2. The van der Waals surface area contributed by atoms with Crippen molar-refractivity contribution >= 4 is 22.8 Å². The molecule has 1 amide bonds. The number of rotatable bonds is 3. The topological polar surface area (TPSA) is 70.5 Å². The minimum atomic E-state index is -2.70. The van der Waals surface area contributed by atoms with Crippen LogP contribution in [0.3, 0.4) is 0 Å². The van der Waals surface area contributed by atoms with Crippen molar-refractivity contribution in [1.29, 1.82) is 0 Å². The molecule has 3 heterocycles. The minimum absolute atomic E-state index is 0.145. The van der Waals surface area contributed by atoms with Crippen molar-refractivity contribution in [3.05, 3.63) is 47.5 Å². The molecule has 0 bridgehead atoms. The summed E-state index contributed by atoms with van der Waals surface area (Å²) in [4.78, 5) is 20.8. The van der Waals surface area contributed by atoms with Gasteiger partial charge < -0.3 is 0 Å². The summed E-state index contributed by atoms with van der Waals surface area (Å²) < 4.78 is 26.2. The Labute approximate surface area is 177 Å². The first-order chi connectivity index (χ1) is 14.4. The van der Waals surface area contributed by atoms with Gasteiger partial charge in [0, 0.05) is 37.1 Å². The molecule has 2 aliphatic rings. The summed E-state index contributed by atoms with van der Waals surface area (Å²) in [6.45, 7) is 1.75. The number of amides is 1. The van der Waals surface area contributed by atoms with Crippen LogP contribution in [-0.2, 0) is 0 Å². The van der Waals surface area contributed by atoms with Crippen molar-refractivity contribution in [2.24, 2.45) is 11.0 Å². The molecule has 2 aromatic rings. The Hall–Kier alpha value is -2.99. The lowest BCUT2D eigenvalue weighted by Gasteiger charge is -2.12. The predicted octanol–water partition coefficient (Wildman–Crippen LogP) is 3.81. The van der Waals surface area contributed by atoms with Crippen LogP contribution in [0.2, 0.25) is 0 Å². The van der Waals surface area contributed by atoms with E-state index in [0.717, 1.165) is 12.8 Å². The van der Waals surface area contributed by atoms with Gasteiger partial charge in [0.25, 0.3) is 12.3 Å². The van der Waals surface area contributed by atoms with Crippen molar-refractivity contribution < 1.29 is 13.6 Å². The first-order valence-corrected chi connectivity index (χ1v) is 10.3. The minimum Gasteiger partial charge on any atom is -0.300 e. The third-order valence-corrected chi connectivity index (χ3v) is 5.78. The van der Waals surface area contributed by atoms with Gasteiger partial charge in [-0.15, -0.1) is 0 Å². The molecule has 0 radical (unpaired) electrons. The first kappa shape index (κ1) is 20.3. The molecule has 9 heteroatoms. The Morgan fingerprint density at radius 3 is 2.83 bits per heavy atom. The number of carbonyl (C=O) groups is 1. The summed E-state index contributed by atoms with van der Waals surface area (Å²) in [5.74, 6) is 6.49. The molecule has 0 spiro atoms. The molecule has 2 aromatic heterocycles. The van der Waals surface area contributed by atoms with Crippen LogP contribution in [0.1, 0.15) is 40.9 Å². The zero-order valence-corrected chi connectivity index (χ0v) is 17.2. The van der Waals surface area contributed by atoms with E-state index < -0.39 is 12.3 Å². The molecule has 30 heavy (non-hydrogen) atoms. The van der Waals surface area contributed by atoms with Crippen molar-refractivity contribution in [3.63, 3.8) is 0 Å². The van der Waals surface area contributed by atoms with Gasteiger partial charge in [-0.05, 0) is 54.8 Å². The van der Waals surface area contributed by atoms with E-state index in [2.05, 4.69) is 32.2 Å². The smallest absolute Gasteiger partial charge is 0.280 e. The number of halogens is 2. The number of nitrogens with zero attached hydrogens (tertiary/aromatic N) is 4. The molecule has 6 nitrogen and oxygen atoms in total. The van der Waals surface area contributed by atoms with E-state index in [4.69, 9.17) is 0 Å². The fourth-order valence-corrected chi connectivity index (χ4v) is 3.78. The summed E-state index contributed by atoms with van der Waals surface area (Å²) >= 11 is 1.37. The van der Waals surface area contributed by atoms with Crippen LogP contribution in [-0.4, -0.2) is 38.5 Å². The van der Waals surface area contributed by atoms with Gasteiger partial charge in [0.2, 0.25) is 0 Å². The number of pyridine rings is 2. The monoisotopic (exact) mass is 427 g/mol. The van der Waals surface area contributed by atoms with E-state index in [-0.39, 0.29) is 11.1 Å². The number of thioether (sulfide) groups is 1. The molecule has 1 aliphatic carbocycles. The third-order valence-electron chi connectivity index (χ3n) is 4.72. The van der Waals surface area contributed by atoms with Crippen LogP contribution < -0.4 is 5.32 Å². The summed E-state index contributed by atoms with van der Waals surface area (Å²) in [6.07, 6.45) is 3.94. The quantitative estimate of drug-likeness (QED) is 0.755. The van der Waals surface area contributed by atoms with E-state index in [1.165, 1.54) is 36.4 Å². The lowest BCUT2D eigenvalue weighted by atomic mass is 9.98. The summed E-state index contributed by atoms with van der Waals surface area (Å²) in [5, 5.41) is 9.16. The van der Waals surface area contributed by atoms with E-state index in [0.29, 0.717) is 33.3 Å². The Morgan fingerprint density at radius 2 is 2.10 bits per heavy atom. The van der Waals surface area contributed by atoms with E-state index in [1.807, 2.05) is 7.05 Å². The Bertz CT molecular complexity index is 1070. The molecular formula is C21H19F2N5OS. The number of amidine groups is 1. The SMILES string of the molecule is Cc1cnc(C(F)F)cc1-c1cnccc1C(=O)NC1=NN(C)C(C#CC2CC2)S1. The Morgan fingerprint density at radius 1 is 1.30 bits per heavy atom. The highest BCUT2D eigenvalue weighted by Gasteiger charge is 2.27. The number of hydrogen-bond acceptors (Lipinski definition) is 6. The molecule has 1 atom stereocenters. The fourth-order valence-electron chi connectivity index (χ4n) is 2.92. The van der Waals surface area contributed by atoms with E-state index in [9.17, 15) is 13.6 Å². The molecule has 1 N–H and O–H groups in total. The van der Waals surface area contributed by atoms with Gasteiger partial charge >= 0.3 is 0 Å². The van der Waals surface area contributed by atoms with Crippen LogP contribution >= 0.6 is 11.8 Å². The van der Waals surface area contributed by atoms with Crippen molar-refractivity contribution in [2.75, 3.05) is 7.05 Å². The number of hydrazone groups is 1. The summed E-state index contributed by atoms with van der Waals surface area (Å²) in [6, 6.07) is 2.85. The number of aromatic nitrogens is 2. The van der Waals surface area contributed by atoms with Crippen molar-refractivity contribution in [3.8, 4) is 23.0 Å². The molecule has 1 saturated carbocycles. The highest BCUT2D eigenvalue weighted by Crippen LogP contribution is 2.31. The number of carbonyl (C=O) groups excluding carboxylic acids is 1. The maximum Gasteiger partial charge on any atom is 0.280 e. The highest BCUT2D eigenvalue weighted by molar-refractivity contribution is 8.14. The van der Waals surface area contributed by atoms with E-state index >= 15 is 0 Å². The lowest BCUT2D eigenvalue weighted by molar-refractivity contribution is 0.0978. The summed E-state index contributed by atoms with van der Waals surface area (Å²) in [5.41, 5.74) is 1.59. The second kappa shape index (κ2) is 8.40. The second-order valence-corrected chi connectivity index (χ2v) is 8.18. The molecule has 1 fully saturated rings. The fraction of sp³-hybridized carbons (Fsp3) is 0.333. The molecule has 1 aliphatic heterocycles. The molecular weight excluding hydrogens is 408 g/mol. The van der Waals surface area contributed by atoms with Gasteiger partial charge in [-0.3, -0.25) is 25.1 Å². The van der Waals surface area contributed by atoms with Crippen molar-refractivity contribution in [2.45, 2.75) is 31.6 Å². The van der Waals surface area contributed by atoms with Crippen LogP contribution in [0.5, 0.6) is 0 Å². The second-order valence-electron chi connectivity index (χ2n) is 7.11. The first-order valence-electron chi connectivity index (χ1n) is 9.42. The Balaban J connectivity index is 1.56. The molecule has 1 unspecified atom stereocenters. The molecule has 0 saturated heterocycles. The average Bonchev–Trinajstić information content (AvgIpc) is 3.49. The number of alkyl halides is 2. The van der Waals surface area contributed by atoms with Gasteiger partial charge in [0.1, 0.15) is 5.69 Å².